The highest BCUT2D eigenvalue weighted by atomic mass is 16.5. The van der Waals surface area contributed by atoms with E-state index in [2.05, 4.69) is 44.7 Å². The maximum atomic E-state index is 13.4. The maximum absolute atomic E-state index is 13.4. The molecule has 36 heavy (non-hydrogen) atoms. The van der Waals surface area contributed by atoms with E-state index >= 15 is 0 Å². The number of carbonyl (C=O) groups excluding carboxylic acids is 1. The van der Waals surface area contributed by atoms with Crippen LogP contribution in [0.5, 0.6) is 5.75 Å². The molecule has 2 aliphatic rings. The number of nitrogens with zero attached hydrogens (tertiary/aromatic N) is 3. The molecule has 1 aromatic carbocycles. The molecular weight excluding hydrogens is 456 g/mol. The quantitative estimate of drug-likeness (QED) is 0.321. The number of fused-ring (bicyclic) bond motifs is 1. The van der Waals surface area contributed by atoms with E-state index in [4.69, 9.17) is 20.0 Å². The molecule has 196 valence electrons. The van der Waals surface area contributed by atoms with Crippen molar-refractivity contribution >= 4 is 23.4 Å². The number of hydrogen-bond donors (Lipinski definition) is 2. The highest BCUT2D eigenvalue weighted by molar-refractivity contribution is 6.19. The van der Waals surface area contributed by atoms with Crippen molar-refractivity contribution in [3.05, 3.63) is 41.0 Å². The van der Waals surface area contributed by atoms with Gasteiger partial charge in [-0.15, -0.1) is 5.10 Å². The fraction of sp³-hybridized carbons (Fsp3) is 0.571. The van der Waals surface area contributed by atoms with E-state index in [-0.39, 0.29) is 36.2 Å². The zero-order valence-corrected chi connectivity index (χ0v) is 22.4. The summed E-state index contributed by atoms with van der Waals surface area (Å²) in [6.07, 6.45) is 5.14. The largest absolute Gasteiger partial charge is 0.494 e. The van der Waals surface area contributed by atoms with Gasteiger partial charge in [0.05, 0.1) is 12.7 Å². The first-order valence-corrected chi connectivity index (χ1v) is 12.9. The fourth-order valence-electron chi connectivity index (χ4n) is 4.07. The molecule has 0 spiro atoms. The second-order valence-corrected chi connectivity index (χ2v) is 10.4. The van der Waals surface area contributed by atoms with Gasteiger partial charge < -0.3 is 14.6 Å². The normalized spacial score (nSPS) is 17.6. The topological polar surface area (TPSA) is 108 Å². The monoisotopic (exact) mass is 496 g/mol. The minimum absolute atomic E-state index is 0.0654. The number of ether oxygens (including phenoxy) is 2. The Hall–Kier alpha value is -3.00. The van der Waals surface area contributed by atoms with Gasteiger partial charge in [-0.1, -0.05) is 34.6 Å². The highest BCUT2D eigenvalue weighted by Crippen LogP contribution is 2.30. The summed E-state index contributed by atoms with van der Waals surface area (Å²) in [6.45, 7) is 12.9. The van der Waals surface area contributed by atoms with Crippen LogP contribution in [0.2, 0.25) is 0 Å². The molecule has 0 aliphatic carbocycles. The summed E-state index contributed by atoms with van der Waals surface area (Å²) in [4.78, 5) is 18.0. The summed E-state index contributed by atoms with van der Waals surface area (Å²) in [5.41, 5.74) is 2.25. The third kappa shape index (κ3) is 6.60. The van der Waals surface area contributed by atoms with E-state index in [1.807, 2.05) is 25.1 Å². The van der Waals surface area contributed by atoms with E-state index in [0.29, 0.717) is 36.1 Å². The lowest BCUT2D eigenvalue weighted by atomic mass is 9.85. The van der Waals surface area contributed by atoms with Crippen molar-refractivity contribution in [1.29, 1.82) is 5.41 Å². The SMILES string of the molecule is CCC(CC)OC1=NN2C(=N)C(CC(=O)c3cc(OCCCCO)cc(C(C)(C)C)c3)N=C2C(C)=C1. The van der Waals surface area contributed by atoms with Gasteiger partial charge in [-0.25, -0.2) is 0 Å². The Morgan fingerprint density at radius 3 is 2.56 bits per heavy atom. The van der Waals surface area contributed by atoms with Crippen LogP contribution in [0.1, 0.15) is 89.6 Å². The van der Waals surface area contributed by atoms with Crippen molar-refractivity contribution in [1.82, 2.24) is 5.01 Å². The number of ketones is 1. The molecule has 0 amide bonds. The second-order valence-electron chi connectivity index (χ2n) is 10.4. The molecule has 1 aromatic rings. The molecule has 0 saturated heterocycles. The predicted octanol–water partition coefficient (Wildman–Crippen LogP) is 5.25. The molecule has 2 aliphatic heterocycles. The van der Waals surface area contributed by atoms with E-state index in [1.54, 1.807) is 6.07 Å². The standard InChI is InChI=1S/C28H40N4O4/c1-7-21(8-2)36-25-13-18(3)27-30-23(26(29)32(27)31-25)17-24(34)19-14-20(28(4,5)6)16-22(15-19)35-12-10-9-11-33/h13-16,21,23,29,33H,7-12,17H2,1-6H3. The number of rotatable bonds is 11. The number of aliphatic hydroxyl groups excluding tert-OH is 1. The minimum Gasteiger partial charge on any atom is -0.494 e. The maximum Gasteiger partial charge on any atom is 0.232 e. The summed E-state index contributed by atoms with van der Waals surface area (Å²) in [7, 11) is 0. The zero-order valence-electron chi connectivity index (χ0n) is 22.4. The van der Waals surface area contributed by atoms with E-state index in [9.17, 15) is 4.79 Å². The fourth-order valence-corrected chi connectivity index (χ4v) is 4.07. The summed E-state index contributed by atoms with van der Waals surface area (Å²) < 4.78 is 11.9. The summed E-state index contributed by atoms with van der Waals surface area (Å²) in [5.74, 6) is 1.77. The van der Waals surface area contributed by atoms with Crippen molar-refractivity contribution in [2.24, 2.45) is 10.1 Å². The van der Waals surface area contributed by atoms with Crippen LogP contribution in [0, 0.1) is 5.41 Å². The Kier molecular flexibility index (Phi) is 9.06. The molecule has 1 unspecified atom stereocenters. The number of aliphatic imine (C=N–C) groups is 1. The number of hydrogen-bond acceptors (Lipinski definition) is 7. The number of hydrazone groups is 1. The lowest BCUT2D eigenvalue weighted by molar-refractivity contribution is 0.0980. The van der Waals surface area contributed by atoms with Gasteiger partial charge in [0.1, 0.15) is 17.6 Å². The molecule has 0 saturated carbocycles. The number of amidine groups is 2. The Morgan fingerprint density at radius 1 is 1.19 bits per heavy atom. The van der Waals surface area contributed by atoms with Crippen molar-refractivity contribution in [2.45, 2.75) is 91.2 Å². The van der Waals surface area contributed by atoms with Crippen LogP contribution >= 0.6 is 0 Å². The predicted molar refractivity (Wildman–Crippen MR) is 143 cm³/mol. The van der Waals surface area contributed by atoms with Gasteiger partial charge in [-0.3, -0.25) is 15.2 Å². The molecule has 8 nitrogen and oxygen atoms in total. The van der Waals surface area contributed by atoms with Crippen LogP contribution in [0.15, 0.2) is 39.9 Å². The number of nitrogens with one attached hydrogen (secondary N) is 1. The van der Waals surface area contributed by atoms with Crippen molar-refractivity contribution in [2.75, 3.05) is 13.2 Å². The summed E-state index contributed by atoms with van der Waals surface area (Å²) >= 11 is 0. The second kappa shape index (κ2) is 11.8. The highest BCUT2D eigenvalue weighted by Gasteiger charge is 2.36. The van der Waals surface area contributed by atoms with Crippen molar-refractivity contribution in [3.63, 3.8) is 0 Å². The number of benzene rings is 1. The molecule has 0 radical (unpaired) electrons. The van der Waals surface area contributed by atoms with Crippen molar-refractivity contribution in [3.8, 4) is 5.75 Å². The minimum atomic E-state index is -0.612. The van der Waals surface area contributed by atoms with Gasteiger partial charge >= 0.3 is 0 Å². The van der Waals surface area contributed by atoms with E-state index in [0.717, 1.165) is 30.4 Å². The van der Waals surface area contributed by atoms with Crippen LogP contribution in [0.4, 0.5) is 0 Å². The Morgan fingerprint density at radius 2 is 1.92 bits per heavy atom. The Bertz CT molecular complexity index is 1060. The van der Waals surface area contributed by atoms with Crippen molar-refractivity contribution < 1.29 is 19.4 Å². The lowest BCUT2D eigenvalue weighted by Gasteiger charge is -2.23. The van der Waals surface area contributed by atoms with Gasteiger partial charge in [-0.05, 0) is 67.4 Å². The summed E-state index contributed by atoms with van der Waals surface area (Å²) in [5, 5.41) is 23.7. The van der Waals surface area contributed by atoms with Gasteiger partial charge in [-0.2, -0.15) is 5.01 Å². The first kappa shape index (κ1) is 27.6. The van der Waals surface area contributed by atoms with Crippen LogP contribution in [0.3, 0.4) is 0 Å². The van der Waals surface area contributed by atoms with Crippen LogP contribution < -0.4 is 4.74 Å². The molecule has 0 bridgehead atoms. The number of carbonyl (C=O) groups is 1. The van der Waals surface area contributed by atoms with Gasteiger partial charge in [0.2, 0.25) is 5.90 Å². The average molecular weight is 497 g/mol. The van der Waals surface area contributed by atoms with Crippen LogP contribution in [0.25, 0.3) is 0 Å². The molecule has 0 fully saturated rings. The van der Waals surface area contributed by atoms with Crippen LogP contribution in [-0.2, 0) is 10.2 Å². The average Bonchev–Trinajstić information content (AvgIpc) is 3.15. The van der Waals surface area contributed by atoms with Crippen LogP contribution in [-0.4, -0.2) is 58.8 Å². The molecule has 1 atom stereocenters. The number of Topliss-reactive ketones (excluding diaryl/α,β-unsaturated/α-hetero) is 1. The molecule has 0 aromatic heterocycles. The van der Waals surface area contributed by atoms with E-state index < -0.39 is 6.04 Å². The Balaban J connectivity index is 1.78. The Labute approximate surface area is 214 Å². The summed E-state index contributed by atoms with van der Waals surface area (Å²) in [6, 6.07) is 5.03. The molecule has 2 N–H and O–H groups in total. The first-order valence-electron chi connectivity index (χ1n) is 12.9. The third-order valence-electron chi connectivity index (χ3n) is 6.41. The molecule has 8 heteroatoms. The van der Waals surface area contributed by atoms with Gasteiger partial charge in [0.15, 0.2) is 11.6 Å². The first-order chi connectivity index (χ1) is 17.1. The number of aliphatic hydroxyl groups is 1. The molecular formula is C28H40N4O4. The zero-order chi connectivity index (χ0) is 26.5. The smallest absolute Gasteiger partial charge is 0.232 e. The van der Waals surface area contributed by atoms with Gasteiger partial charge in [0.25, 0.3) is 0 Å². The van der Waals surface area contributed by atoms with E-state index in [1.165, 1.54) is 5.01 Å². The molecule has 3 rings (SSSR count). The molecule has 2 heterocycles. The number of unbranched alkanes of at least 4 members (excludes halogenated alkanes) is 1. The third-order valence-corrected chi connectivity index (χ3v) is 6.41. The lowest BCUT2D eigenvalue weighted by Crippen LogP contribution is -2.35. The van der Waals surface area contributed by atoms with Gasteiger partial charge in [0, 0.05) is 24.7 Å².